The normalized spacial score (nSPS) is 29.8. The Hall–Kier alpha value is -1.36. The highest BCUT2D eigenvalue weighted by atomic mass is 16.2. The lowest BCUT2D eigenvalue weighted by Gasteiger charge is -2.19. The van der Waals surface area contributed by atoms with Crippen LogP contribution in [0.5, 0.6) is 0 Å². The van der Waals surface area contributed by atoms with Gasteiger partial charge in [-0.2, -0.15) is 5.10 Å². The first-order valence-electron chi connectivity index (χ1n) is 7.46. The van der Waals surface area contributed by atoms with Crippen molar-refractivity contribution in [2.75, 3.05) is 13.1 Å². The van der Waals surface area contributed by atoms with Crippen LogP contribution in [-0.4, -0.2) is 39.7 Å². The first kappa shape index (κ1) is 13.6. The molecular weight excluding hydrogens is 252 g/mol. The smallest absolute Gasteiger partial charge is 0.257 e. The Labute approximate surface area is 120 Å². The third kappa shape index (κ3) is 2.24. The molecule has 0 aromatic carbocycles. The fourth-order valence-corrected chi connectivity index (χ4v) is 3.46. The predicted octanol–water partition coefficient (Wildman–Crippen LogP) is 1.45. The lowest BCUT2D eigenvalue weighted by atomic mass is 9.98. The number of amides is 1. The zero-order chi connectivity index (χ0) is 14.5. The maximum Gasteiger partial charge on any atom is 0.257 e. The van der Waals surface area contributed by atoms with Crippen LogP contribution in [0.3, 0.4) is 0 Å². The van der Waals surface area contributed by atoms with E-state index >= 15 is 0 Å². The van der Waals surface area contributed by atoms with Gasteiger partial charge >= 0.3 is 0 Å². The molecule has 1 aliphatic carbocycles. The minimum atomic E-state index is -0.0948. The van der Waals surface area contributed by atoms with E-state index in [1.165, 1.54) is 0 Å². The fourth-order valence-electron chi connectivity index (χ4n) is 3.46. The van der Waals surface area contributed by atoms with Gasteiger partial charge in [0.15, 0.2) is 0 Å². The van der Waals surface area contributed by atoms with Gasteiger partial charge in [0.05, 0.1) is 17.3 Å². The van der Waals surface area contributed by atoms with Crippen molar-refractivity contribution in [1.29, 1.82) is 0 Å². The van der Waals surface area contributed by atoms with E-state index in [2.05, 4.69) is 25.9 Å². The number of aromatic nitrogens is 2. The highest BCUT2D eigenvalue weighted by Gasteiger charge is 2.42. The summed E-state index contributed by atoms with van der Waals surface area (Å²) in [6.45, 7) is 7.90. The minimum absolute atomic E-state index is 0.0948. The van der Waals surface area contributed by atoms with Gasteiger partial charge < -0.3 is 10.6 Å². The molecule has 1 amide bonds. The van der Waals surface area contributed by atoms with Gasteiger partial charge in [0.25, 0.3) is 5.91 Å². The molecule has 0 bridgehead atoms. The molecule has 3 unspecified atom stereocenters. The Balaban J connectivity index is 1.73. The molecule has 1 aliphatic heterocycles. The summed E-state index contributed by atoms with van der Waals surface area (Å²) in [5.74, 6) is 1.20. The summed E-state index contributed by atoms with van der Waals surface area (Å²) in [5.41, 5.74) is 6.72. The highest BCUT2D eigenvalue weighted by molar-refractivity contribution is 5.94. The molecule has 1 saturated carbocycles. The molecule has 0 radical (unpaired) electrons. The zero-order valence-corrected chi connectivity index (χ0v) is 12.5. The van der Waals surface area contributed by atoms with Crippen LogP contribution in [0.4, 0.5) is 0 Å². The molecule has 2 N–H and O–H groups in total. The van der Waals surface area contributed by atoms with Gasteiger partial charge in [-0.1, -0.05) is 0 Å². The third-order valence-corrected chi connectivity index (χ3v) is 4.72. The Morgan fingerprint density at radius 1 is 1.35 bits per heavy atom. The average Bonchev–Trinajstić information content (AvgIpc) is 3.04. The topological polar surface area (TPSA) is 64.2 Å². The monoisotopic (exact) mass is 276 g/mol. The molecule has 2 fully saturated rings. The SMILES string of the molecule is CC(C)(C)n1cc(C(=O)N2CC3CCC(N)C3C2)cn1. The molecule has 3 atom stereocenters. The molecule has 1 aromatic rings. The van der Waals surface area contributed by atoms with E-state index in [4.69, 9.17) is 5.73 Å². The maximum absolute atomic E-state index is 12.6. The summed E-state index contributed by atoms with van der Waals surface area (Å²) in [4.78, 5) is 14.5. The highest BCUT2D eigenvalue weighted by Crippen LogP contribution is 2.37. The summed E-state index contributed by atoms with van der Waals surface area (Å²) < 4.78 is 1.85. The van der Waals surface area contributed by atoms with Crippen molar-refractivity contribution < 1.29 is 4.79 Å². The van der Waals surface area contributed by atoms with E-state index in [0.29, 0.717) is 17.4 Å². The van der Waals surface area contributed by atoms with Crippen molar-refractivity contribution in [1.82, 2.24) is 14.7 Å². The van der Waals surface area contributed by atoms with E-state index in [1.807, 2.05) is 15.8 Å². The average molecular weight is 276 g/mol. The van der Waals surface area contributed by atoms with Crippen molar-refractivity contribution in [3.8, 4) is 0 Å². The first-order chi connectivity index (χ1) is 9.36. The van der Waals surface area contributed by atoms with Crippen molar-refractivity contribution in [3.05, 3.63) is 18.0 Å². The third-order valence-electron chi connectivity index (χ3n) is 4.72. The number of nitrogens with zero attached hydrogens (tertiary/aromatic N) is 3. The second-order valence-electron chi connectivity index (χ2n) is 7.22. The first-order valence-corrected chi connectivity index (χ1v) is 7.46. The quantitative estimate of drug-likeness (QED) is 0.844. The van der Waals surface area contributed by atoms with Gasteiger partial charge in [-0.3, -0.25) is 9.48 Å². The molecule has 2 aliphatic rings. The van der Waals surface area contributed by atoms with Crippen LogP contribution in [0.15, 0.2) is 12.4 Å². The molecule has 5 nitrogen and oxygen atoms in total. The number of fused-ring (bicyclic) bond motifs is 1. The minimum Gasteiger partial charge on any atom is -0.338 e. The largest absolute Gasteiger partial charge is 0.338 e. The van der Waals surface area contributed by atoms with Crippen LogP contribution in [-0.2, 0) is 5.54 Å². The van der Waals surface area contributed by atoms with Crippen LogP contribution in [0.2, 0.25) is 0 Å². The van der Waals surface area contributed by atoms with Crippen LogP contribution >= 0.6 is 0 Å². The van der Waals surface area contributed by atoms with Crippen molar-refractivity contribution >= 4 is 5.91 Å². The molecule has 5 heteroatoms. The van der Waals surface area contributed by atoms with Crippen LogP contribution < -0.4 is 5.73 Å². The second-order valence-corrected chi connectivity index (χ2v) is 7.22. The van der Waals surface area contributed by atoms with Gasteiger partial charge in [-0.25, -0.2) is 0 Å². The van der Waals surface area contributed by atoms with Gasteiger partial charge in [0.1, 0.15) is 0 Å². The van der Waals surface area contributed by atoms with E-state index in [9.17, 15) is 4.79 Å². The van der Waals surface area contributed by atoms with E-state index in [1.54, 1.807) is 6.20 Å². The van der Waals surface area contributed by atoms with Gasteiger partial charge in [-0.05, 0) is 45.4 Å². The number of hydrogen-bond acceptors (Lipinski definition) is 3. The molecule has 3 rings (SSSR count). The Morgan fingerprint density at radius 2 is 2.10 bits per heavy atom. The lowest BCUT2D eigenvalue weighted by Crippen LogP contribution is -2.33. The molecular formula is C15H24N4O. The standard InChI is InChI=1S/C15H24N4O/c1-15(2,3)19-8-11(6-17-19)14(20)18-7-10-4-5-13(16)12(10)9-18/h6,8,10,12-13H,4-5,7,9,16H2,1-3H3. The molecule has 0 spiro atoms. The Morgan fingerprint density at radius 3 is 2.70 bits per heavy atom. The predicted molar refractivity (Wildman–Crippen MR) is 77.3 cm³/mol. The van der Waals surface area contributed by atoms with E-state index in [0.717, 1.165) is 25.9 Å². The van der Waals surface area contributed by atoms with Crippen LogP contribution in [0.1, 0.15) is 44.0 Å². The molecule has 2 heterocycles. The summed E-state index contributed by atoms with van der Waals surface area (Å²) in [7, 11) is 0. The molecule has 110 valence electrons. The lowest BCUT2D eigenvalue weighted by molar-refractivity contribution is 0.0779. The fraction of sp³-hybridized carbons (Fsp3) is 0.733. The van der Waals surface area contributed by atoms with Crippen molar-refractivity contribution in [3.63, 3.8) is 0 Å². The van der Waals surface area contributed by atoms with Gasteiger partial charge in [-0.15, -0.1) is 0 Å². The summed E-state index contributed by atoms with van der Waals surface area (Å²) >= 11 is 0. The molecule has 20 heavy (non-hydrogen) atoms. The van der Waals surface area contributed by atoms with E-state index in [-0.39, 0.29) is 17.5 Å². The summed E-state index contributed by atoms with van der Waals surface area (Å²) in [5, 5.41) is 4.31. The number of likely N-dealkylation sites (tertiary alicyclic amines) is 1. The zero-order valence-electron chi connectivity index (χ0n) is 12.5. The summed E-state index contributed by atoms with van der Waals surface area (Å²) in [6, 6.07) is 0.273. The molecule has 1 saturated heterocycles. The van der Waals surface area contributed by atoms with Gasteiger partial charge in [0.2, 0.25) is 0 Å². The van der Waals surface area contributed by atoms with Crippen molar-refractivity contribution in [2.45, 2.75) is 45.2 Å². The number of carbonyl (C=O) groups excluding carboxylic acids is 1. The van der Waals surface area contributed by atoms with E-state index < -0.39 is 0 Å². The Kier molecular flexibility index (Phi) is 3.12. The number of hydrogen-bond donors (Lipinski definition) is 1. The molecule has 1 aromatic heterocycles. The number of carbonyl (C=O) groups is 1. The van der Waals surface area contributed by atoms with Crippen LogP contribution in [0.25, 0.3) is 0 Å². The van der Waals surface area contributed by atoms with Crippen LogP contribution in [0, 0.1) is 11.8 Å². The number of rotatable bonds is 1. The second kappa shape index (κ2) is 4.58. The van der Waals surface area contributed by atoms with Crippen molar-refractivity contribution in [2.24, 2.45) is 17.6 Å². The maximum atomic E-state index is 12.6. The van der Waals surface area contributed by atoms with Gasteiger partial charge in [0, 0.05) is 25.3 Å². The number of nitrogens with two attached hydrogens (primary N) is 1. The Bertz CT molecular complexity index is 516. The summed E-state index contributed by atoms with van der Waals surface area (Å²) in [6.07, 6.45) is 5.81.